The van der Waals surface area contributed by atoms with Crippen molar-refractivity contribution >= 4 is 17.6 Å². The zero-order valence-electron chi connectivity index (χ0n) is 10.7. The molecule has 108 valence electrons. The second-order valence-corrected chi connectivity index (χ2v) is 4.50. The zero-order chi connectivity index (χ0) is 14.9. The lowest BCUT2D eigenvalue weighted by Crippen LogP contribution is -2.27. The molecular weight excluding hydrogens is 272 g/mol. The fourth-order valence-corrected chi connectivity index (χ4v) is 2.18. The van der Waals surface area contributed by atoms with Crippen LogP contribution in [0.3, 0.4) is 0 Å². The summed E-state index contributed by atoms with van der Waals surface area (Å²) in [6.07, 6.45) is 0.0842. The monoisotopic (exact) mass is 285 g/mol. The summed E-state index contributed by atoms with van der Waals surface area (Å²) < 4.78 is 32.1. The number of anilines is 1. The molecule has 1 heterocycles. The standard InChI is InChI=1S/C13H13F2NO4/c1-20-13(19)11-8(14)2-3-9(12(11)15)16-5-7(6-17)4-10(16)18/h2-3,7,17H,4-6H2,1H3. The fraction of sp³-hybridized carbons (Fsp3) is 0.385. The Kier molecular flexibility index (Phi) is 3.99. The van der Waals surface area contributed by atoms with Crippen molar-refractivity contribution in [2.24, 2.45) is 5.92 Å². The van der Waals surface area contributed by atoms with Crippen LogP contribution in [0.1, 0.15) is 16.8 Å². The van der Waals surface area contributed by atoms with Crippen LogP contribution in [0.4, 0.5) is 14.5 Å². The molecule has 1 aromatic rings. The van der Waals surface area contributed by atoms with Crippen LogP contribution in [0.2, 0.25) is 0 Å². The van der Waals surface area contributed by atoms with E-state index in [-0.39, 0.29) is 37.1 Å². The van der Waals surface area contributed by atoms with Gasteiger partial charge in [0.1, 0.15) is 11.4 Å². The third kappa shape index (κ3) is 2.36. The van der Waals surface area contributed by atoms with Crippen molar-refractivity contribution < 1.29 is 28.2 Å². The van der Waals surface area contributed by atoms with E-state index in [0.29, 0.717) is 0 Å². The summed E-state index contributed by atoms with van der Waals surface area (Å²) in [5.74, 6) is -4.02. The summed E-state index contributed by atoms with van der Waals surface area (Å²) in [6, 6.07) is 2.00. The first-order valence-electron chi connectivity index (χ1n) is 5.97. The molecule has 1 N–H and O–H groups in total. The molecule has 1 saturated heterocycles. The van der Waals surface area contributed by atoms with Crippen LogP contribution in [0, 0.1) is 17.6 Å². The van der Waals surface area contributed by atoms with Gasteiger partial charge in [0.15, 0.2) is 5.82 Å². The SMILES string of the molecule is COC(=O)c1c(F)ccc(N2CC(CO)CC2=O)c1F. The number of carbonyl (C=O) groups excluding carboxylic acids is 2. The quantitative estimate of drug-likeness (QED) is 0.844. The smallest absolute Gasteiger partial charge is 0.343 e. The Morgan fingerprint density at radius 1 is 1.50 bits per heavy atom. The minimum Gasteiger partial charge on any atom is -0.465 e. The van der Waals surface area contributed by atoms with Crippen LogP contribution >= 0.6 is 0 Å². The molecule has 1 atom stereocenters. The Balaban J connectivity index is 2.44. The van der Waals surface area contributed by atoms with Crippen molar-refractivity contribution in [2.75, 3.05) is 25.2 Å². The number of benzene rings is 1. The molecule has 5 nitrogen and oxygen atoms in total. The molecular formula is C13H13F2NO4. The topological polar surface area (TPSA) is 66.8 Å². The van der Waals surface area contributed by atoms with Crippen molar-refractivity contribution in [2.45, 2.75) is 6.42 Å². The molecule has 0 aromatic heterocycles. The van der Waals surface area contributed by atoms with E-state index in [1.54, 1.807) is 0 Å². The highest BCUT2D eigenvalue weighted by Gasteiger charge is 2.33. The Hall–Kier alpha value is -2.02. The van der Waals surface area contributed by atoms with Crippen molar-refractivity contribution in [3.8, 4) is 0 Å². The van der Waals surface area contributed by atoms with Gasteiger partial charge in [-0.05, 0) is 12.1 Å². The minimum atomic E-state index is -1.15. The Labute approximate surface area is 113 Å². The molecule has 1 aromatic carbocycles. The van der Waals surface area contributed by atoms with Gasteiger partial charge in [-0.1, -0.05) is 0 Å². The number of ether oxygens (including phenoxy) is 1. The fourth-order valence-electron chi connectivity index (χ4n) is 2.18. The third-order valence-electron chi connectivity index (χ3n) is 3.21. The van der Waals surface area contributed by atoms with Crippen LogP contribution in [0.5, 0.6) is 0 Å². The molecule has 20 heavy (non-hydrogen) atoms. The van der Waals surface area contributed by atoms with Crippen LogP contribution in [0.25, 0.3) is 0 Å². The van der Waals surface area contributed by atoms with Gasteiger partial charge in [0.2, 0.25) is 5.91 Å². The number of aliphatic hydroxyl groups excluding tert-OH is 1. The number of nitrogens with zero attached hydrogens (tertiary/aromatic N) is 1. The summed E-state index contributed by atoms with van der Waals surface area (Å²) in [5.41, 5.74) is -1.02. The van der Waals surface area contributed by atoms with E-state index in [9.17, 15) is 18.4 Å². The molecule has 2 rings (SSSR count). The predicted molar refractivity (Wildman–Crippen MR) is 65.2 cm³/mol. The number of halogens is 2. The number of hydrogen-bond donors (Lipinski definition) is 1. The maximum absolute atomic E-state index is 14.2. The van der Waals surface area contributed by atoms with E-state index in [1.165, 1.54) is 0 Å². The van der Waals surface area contributed by atoms with Gasteiger partial charge >= 0.3 is 5.97 Å². The third-order valence-corrected chi connectivity index (χ3v) is 3.21. The Bertz CT molecular complexity index is 562. The van der Waals surface area contributed by atoms with Crippen molar-refractivity contribution in [1.82, 2.24) is 0 Å². The summed E-state index contributed by atoms with van der Waals surface area (Å²) in [6.45, 7) is -0.0760. The highest BCUT2D eigenvalue weighted by molar-refractivity contribution is 5.98. The lowest BCUT2D eigenvalue weighted by atomic mass is 10.1. The van der Waals surface area contributed by atoms with Gasteiger partial charge in [0.05, 0.1) is 12.8 Å². The van der Waals surface area contributed by atoms with Gasteiger partial charge in [-0.2, -0.15) is 0 Å². The van der Waals surface area contributed by atoms with Crippen LogP contribution < -0.4 is 4.90 Å². The normalized spacial score (nSPS) is 18.5. The van der Waals surface area contributed by atoms with E-state index >= 15 is 0 Å². The number of hydrogen-bond acceptors (Lipinski definition) is 4. The molecule has 7 heteroatoms. The molecule has 1 unspecified atom stereocenters. The molecule has 0 saturated carbocycles. The Morgan fingerprint density at radius 3 is 2.75 bits per heavy atom. The minimum absolute atomic E-state index is 0.0842. The van der Waals surface area contributed by atoms with Crippen LogP contribution in [-0.4, -0.2) is 37.2 Å². The number of amides is 1. The molecule has 0 spiro atoms. The number of aliphatic hydroxyl groups is 1. The maximum atomic E-state index is 14.2. The highest BCUT2D eigenvalue weighted by Crippen LogP contribution is 2.30. The predicted octanol–water partition coefficient (Wildman–Crippen LogP) is 1.10. The van der Waals surface area contributed by atoms with Crippen LogP contribution in [0.15, 0.2) is 12.1 Å². The summed E-state index contributed by atoms with van der Waals surface area (Å²) in [5, 5.41) is 9.04. The number of esters is 1. The van der Waals surface area contributed by atoms with E-state index in [2.05, 4.69) is 4.74 Å². The first kappa shape index (κ1) is 14.4. The molecule has 1 fully saturated rings. The van der Waals surface area contributed by atoms with Gasteiger partial charge < -0.3 is 14.7 Å². The van der Waals surface area contributed by atoms with E-state index in [4.69, 9.17) is 5.11 Å². The Morgan fingerprint density at radius 2 is 2.20 bits per heavy atom. The summed E-state index contributed by atoms with van der Waals surface area (Å²) >= 11 is 0. The molecule has 0 aliphatic carbocycles. The van der Waals surface area contributed by atoms with Crippen molar-refractivity contribution in [3.63, 3.8) is 0 Å². The molecule has 1 aliphatic heterocycles. The molecule has 0 bridgehead atoms. The largest absolute Gasteiger partial charge is 0.465 e. The number of methoxy groups -OCH3 is 1. The molecule has 0 radical (unpaired) electrons. The lowest BCUT2D eigenvalue weighted by Gasteiger charge is -2.18. The van der Waals surface area contributed by atoms with Gasteiger partial charge in [-0.15, -0.1) is 0 Å². The van der Waals surface area contributed by atoms with Crippen LogP contribution in [-0.2, 0) is 9.53 Å². The van der Waals surface area contributed by atoms with Gasteiger partial charge in [0, 0.05) is 25.5 Å². The van der Waals surface area contributed by atoms with Gasteiger partial charge in [-0.3, -0.25) is 4.79 Å². The average molecular weight is 285 g/mol. The summed E-state index contributed by atoms with van der Waals surface area (Å²) in [4.78, 5) is 24.2. The molecule has 1 aliphatic rings. The second-order valence-electron chi connectivity index (χ2n) is 4.50. The second kappa shape index (κ2) is 5.54. The average Bonchev–Trinajstić information content (AvgIpc) is 2.80. The summed E-state index contributed by atoms with van der Waals surface area (Å²) in [7, 11) is 1.01. The zero-order valence-corrected chi connectivity index (χ0v) is 10.7. The van der Waals surface area contributed by atoms with E-state index < -0.39 is 23.2 Å². The van der Waals surface area contributed by atoms with E-state index in [0.717, 1.165) is 24.1 Å². The van der Waals surface area contributed by atoms with Gasteiger partial charge in [0.25, 0.3) is 0 Å². The number of rotatable bonds is 3. The van der Waals surface area contributed by atoms with E-state index in [1.807, 2.05) is 0 Å². The maximum Gasteiger partial charge on any atom is 0.343 e. The van der Waals surface area contributed by atoms with Crippen molar-refractivity contribution in [1.29, 1.82) is 0 Å². The highest BCUT2D eigenvalue weighted by atomic mass is 19.1. The lowest BCUT2D eigenvalue weighted by molar-refractivity contribution is -0.117. The molecule has 1 amide bonds. The first-order chi connectivity index (χ1) is 9.49. The first-order valence-corrected chi connectivity index (χ1v) is 5.97. The van der Waals surface area contributed by atoms with Gasteiger partial charge in [-0.25, -0.2) is 13.6 Å². The van der Waals surface area contributed by atoms with Crippen molar-refractivity contribution in [3.05, 3.63) is 29.3 Å². The number of carbonyl (C=O) groups is 2.